The van der Waals surface area contributed by atoms with Gasteiger partial charge in [0.25, 0.3) is 0 Å². The molecule has 8 aromatic carbocycles. The van der Waals surface area contributed by atoms with Crippen LogP contribution in [0.5, 0.6) is 46.0 Å². The van der Waals surface area contributed by atoms with Gasteiger partial charge in [-0.05, 0) is 58.7 Å². The molecule has 0 amide bonds. The summed E-state index contributed by atoms with van der Waals surface area (Å²) in [6.07, 6.45) is 0. The number of phenols is 8. The fourth-order valence-electron chi connectivity index (χ4n) is 8.46. The maximum atomic E-state index is 11.1. The smallest absolute Gasteiger partial charge is 0.206 e. The number of nitrogens with zero attached hydrogens (tertiary/aromatic N) is 4. The van der Waals surface area contributed by atoms with Gasteiger partial charge in [0, 0.05) is 33.2 Å². The predicted molar refractivity (Wildman–Crippen MR) is 242 cm³/mol. The molecule has 0 bridgehead atoms. The lowest BCUT2D eigenvalue weighted by molar-refractivity contribution is 0.350. The van der Waals surface area contributed by atoms with Crippen molar-refractivity contribution < 1.29 is 45.3 Å². The summed E-state index contributed by atoms with van der Waals surface area (Å²) in [5.74, 6) is -6.59. The van der Waals surface area contributed by atoms with E-state index in [1.807, 2.05) is 97.1 Å². The summed E-state index contributed by atoms with van der Waals surface area (Å²) in [5.41, 5.74) is 6.76. The molecular formula is C51H32N4O9. The van der Waals surface area contributed by atoms with E-state index < -0.39 is 56.8 Å². The molecule has 0 atom stereocenters. The van der Waals surface area contributed by atoms with Gasteiger partial charge in [-0.1, -0.05) is 109 Å². The molecular weight excluding hydrogens is 813 g/mol. The summed E-state index contributed by atoms with van der Waals surface area (Å²) in [4.78, 5) is 15.1. The minimum atomic E-state index is -1.10. The van der Waals surface area contributed by atoms with Crippen LogP contribution in [-0.2, 0) is 0 Å². The molecule has 11 aromatic rings. The van der Waals surface area contributed by atoms with Gasteiger partial charge < -0.3 is 49.8 Å². The van der Waals surface area contributed by atoms with Crippen LogP contribution >= 0.6 is 0 Å². The van der Waals surface area contributed by atoms with Crippen LogP contribution in [0, 0.1) is 0 Å². The zero-order valence-corrected chi connectivity index (χ0v) is 33.1. The third-order valence-corrected chi connectivity index (χ3v) is 11.5. The maximum Gasteiger partial charge on any atom is 0.206 e. The highest BCUT2D eigenvalue weighted by atomic mass is 16.4. The first-order chi connectivity index (χ1) is 31.1. The van der Waals surface area contributed by atoms with Crippen molar-refractivity contribution in [3.05, 3.63) is 146 Å². The fraction of sp³-hybridized carbons (Fsp3) is 0. The Morgan fingerprint density at radius 2 is 0.828 bits per heavy atom. The fourth-order valence-corrected chi connectivity index (χ4v) is 8.46. The van der Waals surface area contributed by atoms with E-state index in [2.05, 4.69) is 24.3 Å². The highest BCUT2D eigenvalue weighted by Crippen LogP contribution is 2.59. The second-order valence-corrected chi connectivity index (χ2v) is 15.2. The molecule has 3 heterocycles. The van der Waals surface area contributed by atoms with E-state index in [0.717, 1.165) is 49.7 Å². The molecule has 13 heteroatoms. The van der Waals surface area contributed by atoms with E-state index in [-0.39, 0.29) is 16.7 Å². The average molecular weight is 845 g/mol. The molecule has 64 heavy (non-hydrogen) atoms. The van der Waals surface area contributed by atoms with Crippen molar-refractivity contribution >= 4 is 43.7 Å². The Bertz CT molecular complexity index is 3620. The van der Waals surface area contributed by atoms with Gasteiger partial charge in [0.1, 0.15) is 22.2 Å². The first kappa shape index (κ1) is 37.7. The first-order valence-electron chi connectivity index (χ1n) is 19.9. The Kier molecular flexibility index (Phi) is 8.36. The highest BCUT2D eigenvalue weighted by molar-refractivity contribution is 6.21. The molecule has 310 valence electrons. The number of aromatic nitrogens is 4. The minimum Gasteiger partial charge on any atom is -0.504 e. The summed E-state index contributed by atoms with van der Waals surface area (Å²) < 4.78 is 7.56. The topological polar surface area (TPSA) is 219 Å². The quantitative estimate of drug-likeness (QED) is 0.0579. The average Bonchev–Trinajstić information content (AvgIpc) is 3.91. The van der Waals surface area contributed by atoms with Gasteiger partial charge in [-0.25, -0.2) is 15.0 Å². The first-order valence-corrected chi connectivity index (χ1v) is 19.9. The number of hydrogen-bond acceptors (Lipinski definition) is 12. The standard InChI is InChI=1S/C51H32N4O9/c56-41-37-38-40(44(59)48(63)46(61)42(38)57)55(39(37)43(58)47(62)45(41)60)31-20-17-26(18-21-31)29-19-22-34-33(24-29)36-32(15-8-16-35(36)64-34)51-53-49(27-11-5-2-6-12-27)52-50(54-51)30-14-7-13-28(23-30)25-9-3-1-4-10-25/h1-24,56-63H. The van der Waals surface area contributed by atoms with Gasteiger partial charge in [-0.3, -0.25) is 0 Å². The zero-order chi connectivity index (χ0) is 44.0. The lowest BCUT2D eigenvalue weighted by Gasteiger charge is -2.13. The van der Waals surface area contributed by atoms with Crippen LogP contribution in [0.4, 0.5) is 0 Å². The maximum absolute atomic E-state index is 11.1. The number of rotatable bonds is 6. The molecule has 0 saturated carbocycles. The molecule has 0 spiro atoms. The Labute approximate surface area is 361 Å². The van der Waals surface area contributed by atoms with Crippen LogP contribution in [0.1, 0.15) is 0 Å². The number of phenolic OH excluding ortho intramolecular Hbond substituents is 8. The summed E-state index contributed by atoms with van der Waals surface area (Å²) in [7, 11) is 0. The molecule has 0 saturated heterocycles. The van der Waals surface area contributed by atoms with Gasteiger partial charge in [0.15, 0.2) is 40.5 Å². The van der Waals surface area contributed by atoms with Gasteiger partial charge in [-0.2, -0.15) is 0 Å². The van der Waals surface area contributed by atoms with Crippen LogP contribution in [-0.4, -0.2) is 60.4 Å². The lowest BCUT2D eigenvalue weighted by atomic mass is 10.00. The largest absolute Gasteiger partial charge is 0.504 e. The molecule has 0 aliphatic heterocycles. The normalized spacial score (nSPS) is 11.6. The molecule has 0 fully saturated rings. The van der Waals surface area contributed by atoms with Crippen LogP contribution in [0.25, 0.3) is 106 Å². The minimum absolute atomic E-state index is 0.231. The van der Waals surface area contributed by atoms with E-state index in [1.165, 1.54) is 4.57 Å². The van der Waals surface area contributed by atoms with Gasteiger partial charge >= 0.3 is 0 Å². The van der Waals surface area contributed by atoms with Crippen molar-refractivity contribution in [2.75, 3.05) is 0 Å². The molecule has 8 N–H and O–H groups in total. The van der Waals surface area contributed by atoms with E-state index in [9.17, 15) is 40.9 Å². The van der Waals surface area contributed by atoms with E-state index in [1.54, 1.807) is 24.3 Å². The van der Waals surface area contributed by atoms with Crippen LogP contribution < -0.4 is 0 Å². The van der Waals surface area contributed by atoms with Crippen LogP contribution in [0.15, 0.2) is 150 Å². The van der Waals surface area contributed by atoms with Crippen molar-refractivity contribution in [3.8, 4) is 108 Å². The van der Waals surface area contributed by atoms with Crippen LogP contribution in [0.2, 0.25) is 0 Å². The third-order valence-electron chi connectivity index (χ3n) is 11.5. The molecule has 0 aliphatic carbocycles. The second kappa shape index (κ2) is 14.2. The third kappa shape index (κ3) is 5.68. The number of fused-ring (bicyclic) bond motifs is 6. The van der Waals surface area contributed by atoms with Gasteiger partial charge in [0.05, 0.1) is 10.8 Å². The van der Waals surface area contributed by atoms with Gasteiger partial charge in [-0.15, -0.1) is 0 Å². The Balaban J connectivity index is 1.06. The van der Waals surface area contributed by atoms with E-state index in [4.69, 9.17) is 19.4 Å². The zero-order valence-electron chi connectivity index (χ0n) is 33.1. The summed E-state index contributed by atoms with van der Waals surface area (Å²) in [6.45, 7) is 0. The number of benzene rings is 8. The number of hydrogen-bond donors (Lipinski definition) is 8. The van der Waals surface area contributed by atoms with E-state index >= 15 is 0 Å². The molecule has 13 nitrogen and oxygen atoms in total. The van der Waals surface area contributed by atoms with Crippen LogP contribution in [0.3, 0.4) is 0 Å². The molecule has 0 unspecified atom stereocenters. The second-order valence-electron chi connectivity index (χ2n) is 15.2. The lowest BCUT2D eigenvalue weighted by Crippen LogP contribution is -2.00. The highest BCUT2D eigenvalue weighted by Gasteiger charge is 2.32. The van der Waals surface area contributed by atoms with Gasteiger partial charge in [0.2, 0.25) is 23.0 Å². The Hall–Kier alpha value is -9.23. The Morgan fingerprint density at radius 3 is 1.47 bits per heavy atom. The summed E-state index contributed by atoms with van der Waals surface area (Å²) >= 11 is 0. The van der Waals surface area contributed by atoms with Crippen molar-refractivity contribution in [2.24, 2.45) is 0 Å². The number of aromatic hydroxyl groups is 8. The molecule has 11 rings (SSSR count). The van der Waals surface area contributed by atoms with Crippen molar-refractivity contribution in [1.82, 2.24) is 19.5 Å². The monoisotopic (exact) mass is 844 g/mol. The van der Waals surface area contributed by atoms with Crippen molar-refractivity contribution in [3.63, 3.8) is 0 Å². The van der Waals surface area contributed by atoms with E-state index in [0.29, 0.717) is 28.6 Å². The number of furan rings is 1. The molecule has 0 radical (unpaired) electrons. The molecule has 0 aliphatic rings. The summed E-state index contributed by atoms with van der Waals surface area (Å²) in [6, 6.07) is 46.1. The van der Waals surface area contributed by atoms with Crippen molar-refractivity contribution in [2.45, 2.75) is 0 Å². The van der Waals surface area contributed by atoms with Crippen molar-refractivity contribution in [1.29, 1.82) is 0 Å². The summed E-state index contributed by atoms with van der Waals surface area (Å²) in [5, 5.41) is 86.6. The predicted octanol–water partition coefficient (Wildman–Crippen LogP) is 10.8. The molecule has 3 aromatic heterocycles. The Morgan fingerprint density at radius 1 is 0.344 bits per heavy atom. The SMILES string of the molecule is Oc1c(O)c(O)c2c(c1O)c1c(O)c(O)c(O)c(O)c1n2-c1ccc(-c2ccc3oc4cccc(-c5nc(-c6ccccc6)nc(-c6cccc(-c7ccccc7)c6)n5)c4c3c2)cc1.